The zero-order valence-electron chi connectivity index (χ0n) is 13.7. The van der Waals surface area contributed by atoms with E-state index in [2.05, 4.69) is 10.6 Å². The molecule has 0 amide bonds. The van der Waals surface area contributed by atoms with Crippen LogP contribution >= 0.6 is 11.3 Å². The summed E-state index contributed by atoms with van der Waals surface area (Å²) in [5, 5.41) is 7.82. The van der Waals surface area contributed by atoms with E-state index in [-0.39, 0.29) is 11.6 Å². The summed E-state index contributed by atoms with van der Waals surface area (Å²) in [6, 6.07) is 13.1. The summed E-state index contributed by atoms with van der Waals surface area (Å²) in [6.45, 7) is 1.50. The molecule has 23 heavy (non-hydrogen) atoms. The quantitative estimate of drug-likeness (QED) is 0.730. The van der Waals surface area contributed by atoms with E-state index < -0.39 is 0 Å². The van der Waals surface area contributed by atoms with Crippen LogP contribution in [0.1, 0.15) is 32.9 Å². The van der Waals surface area contributed by atoms with Crippen molar-refractivity contribution in [3.63, 3.8) is 0 Å². The van der Waals surface area contributed by atoms with E-state index in [0.717, 1.165) is 23.5 Å². The molecule has 0 fully saturated rings. The van der Waals surface area contributed by atoms with Crippen LogP contribution in [0.4, 0.5) is 0 Å². The lowest BCUT2D eigenvalue weighted by Crippen LogP contribution is -2.12. The van der Waals surface area contributed by atoms with Crippen LogP contribution in [-0.4, -0.2) is 38.8 Å². The molecule has 1 aromatic carbocycles. The van der Waals surface area contributed by atoms with Crippen LogP contribution in [0.3, 0.4) is 0 Å². The highest BCUT2D eigenvalue weighted by Crippen LogP contribution is 2.10. The lowest BCUT2D eigenvalue weighted by atomic mass is 10.1. The van der Waals surface area contributed by atoms with Crippen molar-refractivity contribution < 1.29 is 9.59 Å². The zero-order valence-corrected chi connectivity index (χ0v) is 14.5. The van der Waals surface area contributed by atoms with E-state index in [1.165, 1.54) is 11.3 Å². The monoisotopic (exact) mass is 332 g/mol. The van der Waals surface area contributed by atoms with Gasteiger partial charge in [0.2, 0.25) is 0 Å². The molecule has 5 heteroatoms. The number of hydrogen-bond acceptors (Lipinski definition) is 5. The summed E-state index contributed by atoms with van der Waals surface area (Å²) in [5.41, 5.74) is 0.799. The van der Waals surface area contributed by atoms with Crippen molar-refractivity contribution in [2.45, 2.75) is 12.8 Å². The fourth-order valence-corrected chi connectivity index (χ4v) is 2.50. The van der Waals surface area contributed by atoms with Gasteiger partial charge in [-0.05, 0) is 25.5 Å². The van der Waals surface area contributed by atoms with Crippen LogP contribution < -0.4 is 10.6 Å². The van der Waals surface area contributed by atoms with Gasteiger partial charge >= 0.3 is 0 Å². The van der Waals surface area contributed by atoms with Gasteiger partial charge in [0, 0.05) is 31.5 Å². The van der Waals surface area contributed by atoms with Crippen molar-refractivity contribution in [1.82, 2.24) is 10.6 Å². The molecule has 2 aromatic rings. The number of Topliss-reactive ketones (excluding diaryl/α,β-unsaturated/α-hetero) is 2. The summed E-state index contributed by atoms with van der Waals surface area (Å²) >= 11 is 1.50. The molecule has 0 bridgehead atoms. The first-order valence-corrected chi connectivity index (χ1v) is 8.51. The number of carbonyl (C=O) groups excluding carboxylic acids is 2. The fourth-order valence-electron chi connectivity index (χ4n) is 1.81. The Labute approximate surface area is 141 Å². The van der Waals surface area contributed by atoms with Gasteiger partial charge in [-0.25, -0.2) is 0 Å². The normalized spacial score (nSPS) is 9.83. The van der Waals surface area contributed by atoms with Crippen molar-refractivity contribution in [3.05, 3.63) is 58.3 Å². The molecular formula is C18H24N2O2S. The standard InChI is InChI=1S/C10H13NO.C8H11NOS/c1-11-8-7-10(12)9-5-3-2-4-6-9;1-9-5-4-7(10)8-3-2-6-11-8/h2-6,11H,7-8H2,1H3;2-3,6,9H,4-5H2,1H3. The number of ketones is 2. The van der Waals surface area contributed by atoms with Gasteiger partial charge in [0.15, 0.2) is 11.6 Å². The number of hydrogen-bond donors (Lipinski definition) is 2. The van der Waals surface area contributed by atoms with Crippen molar-refractivity contribution in [3.8, 4) is 0 Å². The minimum absolute atomic E-state index is 0.199. The molecule has 0 unspecified atom stereocenters. The van der Waals surface area contributed by atoms with E-state index in [4.69, 9.17) is 0 Å². The van der Waals surface area contributed by atoms with Gasteiger partial charge in [-0.2, -0.15) is 0 Å². The van der Waals surface area contributed by atoms with E-state index >= 15 is 0 Å². The number of benzene rings is 1. The molecular weight excluding hydrogens is 308 g/mol. The maximum absolute atomic E-state index is 11.4. The molecule has 0 aliphatic carbocycles. The summed E-state index contributed by atoms with van der Waals surface area (Å²) in [4.78, 5) is 23.5. The Morgan fingerprint density at radius 2 is 1.48 bits per heavy atom. The van der Waals surface area contributed by atoms with E-state index in [9.17, 15) is 9.59 Å². The van der Waals surface area contributed by atoms with Crippen LogP contribution in [0, 0.1) is 0 Å². The number of thiophene rings is 1. The van der Waals surface area contributed by atoms with Gasteiger partial charge in [0.05, 0.1) is 4.88 Å². The van der Waals surface area contributed by atoms with Gasteiger partial charge in [0.1, 0.15) is 0 Å². The molecule has 0 saturated carbocycles. The first kappa shape index (κ1) is 19.2. The van der Waals surface area contributed by atoms with Crippen LogP contribution in [0.25, 0.3) is 0 Å². The lowest BCUT2D eigenvalue weighted by molar-refractivity contribution is 0.0977. The number of carbonyl (C=O) groups is 2. The Morgan fingerprint density at radius 3 is 2.00 bits per heavy atom. The SMILES string of the molecule is CNCCC(=O)c1ccccc1.CNCCC(=O)c1cccs1. The second-order valence-corrected chi connectivity index (χ2v) is 5.84. The Kier molecular flexibility index (Phi) is 9.79. The minimum Gasteiger partial charge on any atom is -0.319 e. The third kappa shape index (κ3) is 7.83. The highest BCUT2D eigenvalue weighted by Gasteiger charge is 2.04. The molecule has 0 radical (unpaired) electrons. The molecule has 4 nitrogen and oxygen atoms in total. The highest BCUT2D eigenvalue weighted by molar-refractivity contribution is 7.12. The van der Waals surface area contributed by atoms with Crippen LogP contribution in [0.5, 0.6) is 0 Å². The molecule has 0 spiro atoms. The molecule has 0 aliphatic rings. The third-order valence-electron chi connectivity index (χ3n) is 3.10. The lowest BCUT2D eigenvalue weighted by Gasteiger charge is -1.98. The van der Waals surface area contributed by atoms with Crippen LogP contribution in [0.15, 0.2) is 47.8 Å². The summed E-state index contributed by atoms with van der Waals surface area (Å²) in [6.07, 6.45) is 1.16. The first-order chi connectivity index (χ1) is 11.2. The molecule has 0 aliphatic heterocycles. The minimum atomic E-state index is 0.199. The summed E-state index contributed by atoms with van der Waals surface area (Å²) in [5.74, 6) is 0.430. The average Bonchev–Trinajstić information content (AvgIpc) is 3.13. The van der Waals surface area contributed by atoms with Crippen LogP contribution in [0.2, 0.25) is 0 Å². The molecule has 2 rings (SSSR count). The largest absolute Gasteiger partial charge is 0.319 e. The predicted molar refractivity (Wildman–Crippen MR) is 96.5 cm³/mol. The molecule has 2 N–H and O–H groups in total. The maximum Gasteiger partial charge on any atom is 0.174 e. The van der Waals surface area contributed by atoms with Crippen molar-refractivity contribution in [2.75, 3.05) is 27.2 Å². The van der Waals surface area contributed by atoms with Crippen molar-refractivity contribution in [1.29, 1.82) is 0 Å². The second kappa shape index (κ2) is 11.7. The highest BCUT2D eigenvalue weighted by atomic mass is 32.1. The van der Waals surface area contributed by atoms with Crippen molar-refractivity contribution >= 4 is 22.9 Å². The molecule has 124 valence electrons. The topological polar surface area (TPSA) is 58.2 Å². The van der Waals surface area contributed by atoms with Gasteiger partial charge in [-0.1, -0.05) is 36.4 Å². The first-order valence-electron chi connectivity index (χ1n) is 7.63. The van der Waals surface area contributed by atoms with Gasteiger partial charge in [-0.3, -0.25) is 9.59 Å². The number of nitrogens with one attached hydrogen (secondary N) is 2. The molecule has 1 aromatic heterocycles. The van der Waals surface area contributed by atoms with Crippen LogP contribution in [-0.2, 0) is 0 Å². The van der Waals surface area contributed by atoms with Gasteiger partial charge < -0.3 is 10.6 Å². The molecule has 1 heterocycles. The van der Waals surface area contributed by atoms with E-state index in [0.29, 0.717) is 12.8 Å². The van der Waals surface area contributed by atoms with E-state index in [1.807, 2.05) is 61.9 Å². The second-order valence-electron chi connectivity index (χ2n) is 4.90. The average molecular weight is 332 g/mol. The molecule has 0 atom stereocenters. The Bertz CT molecular complexity index is 568. The van der Waals surface area contributed by atoms with Gasteiger partial charge in [0.25, 0.3) is 0 Å². The fraction of sp³-hybridized carbons (Fsp3) is 0.333. The molecule has 0 saturated heterocycles. The predicted octanol–water partition coefficient (Wildman–Crippen LogP) is 3.02. The van der Waals surface area contributed by atoms with Crippen molar-refractivity contribution in [2.24, 2.45) is 0 Å². The Hall–Kier alpha value is -1.82. The third-order valence-corrected chi connectivity index (χ3v) is 4.01. The number of rotatable bonds is 8. The smallest absolute Gasteiger partial charge is 0.174 e. The van der Waals surface area contributed by atoms with Gasteiger partial charge in [-0.15, -0.1) is 11.3 Å². The maximum atomic E-state index is 11.4. The van der Waals surface area contributed by atoms with E-state index in [1.54, 1.807) is 0 Å². The zero-order chi connectivity index (χ0) is 16.9. The summed E-state index contributed by atoms with van der Waals surface area (Å²) in [7, 11) is 3.69. The summed E-state index contributed by atoms with van der Waals surface area (Å²) < 4.78 is 0. The Morgan fingerprint density at radius 1 is 0.870 bits per heavy atom. The Balaban J connectivity index is 0.000000231.